The molecule has 0 fully saturated rings. The van der Waals surface area contributed by atoms with Gasteiger partial charge in [-0.25, -0.2) is 0 Å². The summed E-state index contributed by atoms with van der Waals surface area (Å²) in [6, 6.07) is 10.8. The van der Waals surface area contributed by atoms with Gasteiger partial charge < -0.3 is 10.3 Å². The van der Waals surface area contributed by atoms with E-state index in [1.807, 2.05) is 12.1 Å². The Morgan fingerprint density at radius 1 is 1.19 bits per heavy atom. The maximum Gasteiger partial charge on any atom is 0.212 e. The van der Waals surface area contributed by atoms with Gasteiger partial charge in [-0.05, 0) is 30.3 Å². The van der Waals surface area contributed by atoms with Crippen LogP contribution in [0.4, 0.5) is 0 Å². The fraction of sp³-hybridized carbons (Fsp3) is 0.0909. The van der Waals surface area contributed by atoms with Crippen molar-refractivity contribution in [3.05, 3.63) is 46.3 Å². The van der Waals surface area contributed by atoms with Crippen molar-refractivity contribution < 1.29 is 4.55 Å². The van der Waals surface area contributed by atoms with Crippen LogP contribution < -0.4 is 5.73 Å². The molecule has 0 aliphatic carbocycles. The quantitative estimate of drug-likeness (QED) is 0.873. The van der Waals surface area contributed by atoms with Gasteiger partial charge in [0, 0.05) is 33.7 Å². The summed E-state index contributed by atoms with van der Waals surface area (Å²) in [7, 11) is 0. The predicted molar refractivity (Wildman–Crippen MR) is 68.3 cm³/mol. The zero-order valence-corrected chi connectivity index (χ0v) is 10.7. The first-order valence-electron chi connectivity index (χ1n) is 4.67. The molecule has 1 aromatic heterocycles. The summed E-state index contributed by atoms with van der Waals surface area (Å²) in [5.74, 6) is 0. The van der Waals surface area contributed by atoms with E-state index in [1.165, 1.54) is 11.3 Å². The van der Waals surface area contributed by atoms with Gasteiger partial charge in [-0.2, -0.15) is 0 Å². The van der Waals surface area contributed by atoms with Crippen LogP contribution in [0.2, 0.25) is 5.02 Å². The highest BCUT2D eigenvalue weighted by molar-refractivity contribution is 7.93. The summed E-state index contributed by atoms with van der Waals surface area (Å²) in [5.41, 5.74) is 5.52. The van der Waals surface area contributed by atoms with Crippen LogP contribution in [0, 0.1) is 0 Å². The molecule has 0 aliphatic rings. The van der Waals surface area contributed by atoms with Gasteiger partial charge in [0.15, 0.2) is 4.90 Å². The molecule has 1 unspecified atom stereocenters. The Bertz CT molecular complexity index is 469. The largest absolute Gasteiger partial charge is 0.606 e. The number of benzene rings is 1. The lowest BCUT2D eigenvalue weighted by Gasteiger charge is -2.06. The van der Waals surface area contributed by atoms with E-state index in [1.54, 1.807) is 24.3 Å². The molecule has 0 aliphatic heterocycles. The van der Waals surface area contributed by atoms with Crippen molar-refractivity contribution in [1.29, 1.82) is 0 Å². The van der Waals surface area contributed by atoms with Gasteiger partial charge in [0.25, 0.3) is 0 Å². The van der Waals surface area contributed by atoms with Gasteiger partial charge in [-0.1, -0.05) is 22.9 Å². The van der Waals surface area contributed by atoms with Crippen molar-refractivity contribution in [2.45, 2.75) is 15.6 Å². The molecule has 1 atom stereocenters. The summed E-state index contributed by atoms with van der Waals surface area (Å²) in [4.78, 5) is 1.80. The van der Waals surface area contributed by atoms with Crippen LogP contribution in [0.15, 0.2) is 45.5 Å². The maximum atomic E-state index is 12.1. The van der Waals surface area contributed by atoms with E-state index in [0.717, 1.165) is 14.0 Å². The fourth-order valence-electron chi connectivity index (χ4n) is 1.24. The smallest absolute Gasteiger partial charge is 0.212 e. The summed E-state index contributed by atoms with van der Waals surface area (Å²) < 4.78 is 12.9. The Hall–Kier alpha value is -0.520. The molecule has 0 spiro atoms. The first-order chi connectivity index (χ1) is 7.70. The van der Waals surface area contributed by atoms with E-state index < -0.39 is 11.2 Å². The molecule has 16 heavy (non-hydrogen) atoms. The minimum atomic E-state index is -1.13. The number of hydrogen-bond acceptors (Lipinski definition) is 3. The molecule has 0 bridgehead atoms. The average molecular weight is 272 g/mol. The normalized spacial score (nSPS) is 12.7. The molecular weight excluding hydrogens is 262 g/mol. The van der Waals surface area contributed by atoms with E-state index in [4.69, 9.17) is 17.3 Å². The highest BCUT2D eigenvalue weighted by Crippen LogP contribution is 2.28. The third kappa shape index (κ3) is 2.59. The second kappa shape index (κ2) is 5.21. The third-order valence-electron chi connectivity index (χ3n) is 2.05. The second-order valence-electron chi connectivity index (χ2n) is 3.15. The van der Waals surface area contributed by atoms with Gasteiger partial charge in [0.2, 0.25) is 4.21 Å². The molecule has 0 saturated carbocycles. The molecule has 1 heterocycles. The number of hydrogen-bond donors (Lipinski definition) is 1. The first-order valence-corrected chi connectivity index (χ1v) is 7.01. The van der Waals surface area contributed by atoms with Crippen LogP contribution in [-0.4, -0.2) is 4.55 Å². The Labute approximate surface area is 106 Å². The van der Waals surface area contributed by atoms with Crippen LogP contribution in [0.25, 0.3) is 0 Å². The van der Waals surface area contributed by atoms with Gasteiger partial charge in [-0.3, -0.25) is 0 Å². The number of nitrogens with two attached hydrogens (primary N) is 1. The van der Waals surface area contributed by atoms with Crippen LogP contribution in [-0.2, 0) is 17.7 Å². The van der Waals surface area contributed by atoms with E-state index in [9.17, 15) is 4.55 Å². The second-order valence-corrected chi connectivity index (χ2v) is 6.46. The molecule has 2 N–H and O–H groups in total. The lowest BCUT2D eigenvalue weighted by atomic mass is 10.4. The Balaban J connectivity index is 2.24. The lowest BCUT2D eigenvalue weighted by Crippen LogP contribution is -1.99. The van der Waals surface area contributed by atoms with E-state index in [2.05, 4.69) is 0 Å². The zero-order valence-electron chi connectivity index (χ0n) is 8.35. The molecule has 0 saturated heterocycles. The van der Waals surface area contributed by atoms with Crippen molar-refractivity contribution in [2.24, 2.45) is 5.73 Å². The molecule has 84 valence electrons. The predicted octanol–water partition coefficient (Wildman–Crippen LogP) is 3.03. The summed E-state index contributed by atoms with van der Waals surface area (Å²) in [6.45, 7) is 0.489. The standard InChI is InChI=1S/C11H10ClNOS2/c12-8-1-4-10(5-2-8)16(14)11-6-3-9(7-13)15-11/h1-6H,7,13H2. The molecule has 2 aromatic rings. The van der Waals surface area contributed by atoms with Crippen molar-refractivity contribution in [1.82, 2.24) is 0 Å². The van der Waals surface area contributed by atoms with Crippen molar-refractivity contribution >= 4 is 34.1 Å². The zero-order chi connectivity index (χ0) is 11.5. The molecular formula is C11H10ClNOS2. The number of halogens is 1. The van der Waals surface area contributed by atoms with Gasteiger partial charge in [-0.15, -0.1) is 0 Å². The summed E-state index contributed by atoms with van der Waals surface area (Å²) in [5, 5.41) is 0.648. The SMILES string of the molecule is NCc1ccc([S+]([O-])c2ccc(Cl)cc2)s1. The highest BCUT2D eigenvalue weighted by Gasteiger charge is 2.16. The Morgan fingerprint density at radius 3 is 2.44 bits per heavy atom. The van der Waals surface area contributed by atoms with E-state index in [0.29, 0.717) is 11.6 Å². The van der Waals surface area contributed by atoms with Crippen molar-refractivity contribution in [3.8, 4) is 0 Å². The van der Waals surface area contributed by atoms with Gasteiger partial charge in [0.05, 0.1) is 0 Å². The molecule has 0 amide bonds. The van der Waals surface area contributed by atoms with Crippen molar-refractivity contribution in [2.75, 3.05) is 0 Å². The summed E-state index contributed by atoms with van der Waals surface area (Å²) in [6.07, 6.45) is 0. The number of rotatable bonds is 3. The van der Waals surface area contributed by atoms with Crippen molar-refractivity contribution in [3.63, 3.8) is 0 Å². The monoisotopic (exact) mass is 271 g/mol. The van der Waals surface area contributed by atoms with E-state index >= 15 is 0 Å². The number of thiophene rings is 1. The first kappa shape index (κ1) is 12.0. The Kier molecular flexibility index (Phi) is 3.89. The third-order valence-corrected chi connectivity index (χ3v) is 5.11. The van der Waals surface area contributed by atoms with Crippen LogP contribution in [0.5, 0.6) is 0 Å². The average Bonchev–Trinajstić information content (AvgIpc) is 2.77. The maximum absolute atomic E-state index is 12.1. The topological polar surface area (TPSA) is 49.1 Å². The minimum Gasteiger partial charge on any atom is -0.606 e. The fourth-order valence-corrected chi connectivity index (χ4v) is 3.70. The Morgan fingerprint density at radius 2 is 1.88 bits per heavy atom. The van der Waals surface area contributed by atoms with Crippen LogP contribution in [0.3, 0.4) is 0 Å². The van der Waals surface area contributed by atoms with E-state index in [-0.39, 0.29) is 0 Å². The summed E-state index contributed by atoms with van der Waals surface area (Å²) >= 11 is 6.13. The molecule has 5 heteroatoms. The molecule has 2 nitrogen and oxygen atoms in total. The molecule has 2 rings (SSSR count). The van der Waals surface area contributed by atoms with Gasteiger partial charge >= 0.3 is 0 Å². The van der Waals surface area contributed by atoms with Crippen LogP contribution in [0.1, 0.15) is 4.88 Å². The van der Waals surface area contributed by atoms with Crippen LogP contribution >= 0.6 is 22.9 Å². The van der Waals surface area contributed by atoms with Gasteiger partial charge in [0.1, 0.15) is 0 Å². The lowest BCUT2D eigenvalue weighted by molar-refractivity contribution is 0.597. The highest BCUT2D eigenvalue weighted by atomic mass is 35.5. The minimum absolute atomic E-state index is 0.489. The molecule has 1 aromatic carbocycles. The molecule has 0 radical (unpaired) electrons.